The number of para-hydroxylation sites is 1. The van der Waals surface area contributed by atoms with E-state index in [-0.39, 0.29) is 22.6 Å². The summed E-state index contributed by atoms with van der Waals surface area (Å²) < 4.78 is 0. The number of nitro benzene ring substituents is 1. The quantitative estimate of drug-likeness (QED) is 0.485. The van der Waals surface area contributed by atoms with Gasteiger partial charge in [0, 0.05) is 27.9 Å². The monoisotopic (exact) mass is 371 g/mol. The van der Waals surface area contributed by atoms with E-state index in [0.29, 0.717) is 16.3 Å². The summed E-state index contributed by atoms with van der Waals surface area (Å²) in [5.74, 6) is -0.352. The number of ketones is 1. The van der Waals surface area contributed by atoms with Crippen molar-refractivity contribution in [3.63, 3.8) is 0 Å². The third-order valence-corrected chi connectivity index (χ3v) is 4.32. The molecule has 1 atom stereocenters. The maximum atomic E-state index is 13.0. The van der Waals surface area contributed by atoms with Gasteiger partial charge in [-0.05, 0) is 37.3 Å². The van der Waals surface area contributed by atoms with E-state index in [4.69, 9.17) is 11.6 Å². The number of nitrogens with zero attached hydrogens (tertiary/aromatic N) is 1. The van der Waals surface area contributed by atoms with Crippen LogP contribution >= 0.6 is 11.6 Å². The standard InChI is InChI=1S/C18H14ClN3O4/c1-10-15(17(23)11-6-8-12(19)9-7-11)16(21-18(24)20-10)13-4-2-3-5-14(13)22(25)26/h2-9,16H,1H3,(H2,20,21,24)/t16-/m0/s1. The molecule has 3 rings (SSSR count). The number of carbonyl (C=O) groups excluding carboxylic acids is 2. The van der Waals surface area contributed by atoms with E-state index >= 15 is 0 Å². The Bertz CT molecular complexity index is 938. The van der Waals surface area contributed by atoms with Gasteiger partial charge in [-0.3, -0.25) is 14.9 Å². The molecule has 0 spiro atoms. The number of nitrogens with one attached hydrogen (secondary N) is 2. The fourth-order valence-corrected chi connectivity index (χ4v) is 3.01. The van der Waals surface area contributed by atoms with Crippen molar-refractivity contribution >= 4 is 29.1 Å². The van der Waals surface area contributed by atoms with Gasteiger partial charge in [0.1, 0.15) is 0 Å². The first kappa shape index (κ1) is 17.6. The molecule has 8 heteroatoms. The van der Waals surface area contributed by atoms with Crippen LogP contribution < -0.4 is 10.6 Å². The second kappa shape index (κ2) is 6.97. The topological polar surface area (TPSA) is 101 Å². The Hall–Kier alpha value is -3.19. The number of benzene rings is 2. The molecule has 0 unspecified atom stereocenters. The molecule has 0 aromatic heterocycles. The van der Waals surface area contributed by atoms with Gasteiger partial charge in [0.25, 0.3) is 5.69 Å². The lowest BCUT2D eigenvalue weighted by molar-refractivity contribution is -0.385. The van der Waals surface area contributed by atoms with Crippen molar-refractivity contribution in [2.75, 3.05) is 0 Å². The summed E-state index contributed by atoms with van der Waals surface area (Å²) in [6, 6.07) is 10.8. The average Bonchev–Trinajstić information content (AvgIpc) is 2.61. The van der Waals surface area contributed by atoms with Crippen LogP contribution in [0, 0.1) is 10.1 Å². The van der Waals surface area contributed by atoms with Crippen LogP contribution in [-0.4, -0.2) is 16.7 Å². The molecule has 0 saturated carbocycles. The van der Waals surface area contributed by atoms with Gasteiger partial charge in [0.05, 0.1) is 16.5 Å². The maximum Gasteiger partial charge on any atom is 0.319 e. The molecular weight excluding hydrogens is 358 g/mol. The third kappa shape index (κ3) is 3.29. The molecule has 2 aromatic rings. The van der Waals surface area contributed by atoms with Crippen LogP contribution in [0.2, 0.25) is 5.02 Å². The SMILES string of the molecule is CC1=C(C(=O)c2ccc(Cl)cc2)[C@H](c2ccccc2[N+](=O)[O-])NC(=O)N1. The van der Waals surface area contributed by atoms with E-state index in [0.717, 1.165) is 0 Å². The molecule has 26 heavy (non-hydrogen) atoms. The summed E-state index contributed by atoms with van der Waals surface area (Å²) in [7, 11) is 0. The van der Waals surface area contributed by atoms with E-state index in [2.05, 4.69) is 10.6 Å². The number of hydrogen-bond acceptors (Lipinski definition) is 4. The van der Waals surface area contributed by atoms with Crippen LogP contribution in [-0.2, 0) is 0 Å². The normalized spacial score (nSPS) is 16.7. The summed E-state index contributed by atoms with van der Waals surface area (Å²) in [6.07, 6.45) is 0. The van der Waals surface area contributed by atoms with Gasteiger partial charge in [0.2, 0.25) is 0 Å². The number of halogens is 1. The highest BCUT2D eigenvalue weighted by Crippen LogP contribution is 2.34. The van der Waals surface area contributed by atoms with Gasteiger partial charge in [-0.25, -0.2) is 4.79 Å². The molecule has 0 saturated heterocycles. The Morgan fingerprint density at radius 1 is 1.15 bits per heavy atom. The zero-order chi connectivity index (χ0) is 18.8. The Balaban J connectivity index is 2.13. The minimum Gasteiger partial charge on any atom is -0.326 e. The van der Waals surface area contributed by atoms with Crippen LogP contribution in [0.1, 0.15) is 28.9 Å². The largest absolute Gasteiger partial charge is 0.326 e. The highest BCUT2D eigenvalue weighted by Gasteiger charge is 2.35. The molecular formula is C18H14ClN3O4. The number of nitro groups is 1. The van der Waals surface area contributed by atoms with Gasteiger partial charge in [0.15, 0.2) is 5.78 Å². The van der Waals surface area contributed by atoms with Gasteiger partial charge in [-0.15, -0.1) is 0 Å². The molecule has 2 aromatic carbocycles. The van der Waals surface area contributed by atoms with Crippen molar-refractivity contribution < 1.29 is 14.5 Å². The fraction of sp³-hybridized carbons (Fsp3) is 0.111. The van der Waals surface area contributed by atoms with Crippen molar-refractivity contribution in [2.45, 2.75) is 13.0 Å². The van der Waals surface area contributed by atoms with Crippen molar-refractivity contribution in [3.05, 3.63) is 86.1 Å². The van der Waals surface area contributed by atoms with E-state index < -0.39 is 17.0 Å². The number of hydrogen-bond donors (Lipinski definition) is 2. The summed E-state index contributed by atoms with van der Waals surface area (Å²) in [5.41, 5.74) is 1.02. The Morgan fingerprint density at radius 3 is 2.46 bits per heavy atom. The van der Waals surface area contributed by atoms with Gasteiger partial charge in [-0.1, -0.05) is 23.7 Å². The second-order valence-corrected chi connectivity index (χ2v) is 6.16. The van der Waals surface area contributed by atoms with Crippen LogP contribution in [0.4, 0.5) is 10.5 Å². The zero-order valence-electron chi connectivity index (χ0n) is 13.7. The molecule has 1 aliphatic rings. The summed E-state index contributed by atoms with van der Waals surface area (Å²) in [4.78, 5) is 35.8. The van der Waals surface area contributed by atoms with Crippen LogP contribution in [0.5, 0.6) is 0 Å². The van der Waals surface area contributed by atoms with Gasteiger partial charge >= 0.3 is 6.03 Å². The van der Waals surface area contributed by atoms with E-state index in [1.807, 2.05) is 0 Å². The Kier molecular flexibility index (Phi) is 4.73. The minimum absolute atomic E-state index is 0.172. The van der Waals surface area contributed by atoms with E-state index in [1.54, 1.807) is 37.3 Å². The van der Waals surface area contributed by atoms with Crippen molar-refractivity contribution in [1.82, 2.24) is 10.6 Å². The Morgan fingerprint density at radius 2 is 1.81 bits per heavy atom. The summed E-state index contributed by atoms with van der Waals surface area (Å²) >= 11 is 5.86. The average molecular weight is 372 g/mol. The van der Waals surface area contributed by atoms with Gasteiger partial charge in [-0.2, -0.15) is 0 Å². The predicted octanol–water partition coefficient (Wildman–Crippen LogP) is 3.76. The highest BCUT2D eigenvalue weighted by atomic mass is 35.5. The molecule has 1 heterocycles. The number of rotatable bonds is 4. The first-order valence-electron chi connectivity index (χ1n) is 7.70. The molecule has 7 nitrogen and oxygen atoms in total. The molecule has 2 N–H and O–H groups in total. The predicted molar refractivity (Wildman–Crippen MR) is 96.0 cm³/mol. The van der Waals surface area contributed by atoms with Gasteiger partial charge < -0.3 is 10.6 Å². The molecule has 0 bridgehead atoms. The van der Waals surface area contributed by atoms with Crippen LogP contribution in [0.15, 0.2) is 59.8 Å². The van der Waals surface area contributed by atoms with Crippen molar-refractivity contribution in [2.24, 2.45) is 0 Å². The number of amides is 2. The lowest BCUT2D eigenvalue weighted by Gasteiger charge is -2.28. The molecule has 1 aliphatic heterocycles. The number of carbonyl (C=O) groups is 2. The smallest absolute Gasteiger partial charge is 0.319 e. The summed E-state index contributed by atoms with van der Waals surface area (Å²) in [5, 5.41) is 17.0. The minimum atomic E-state index is -0.937. The third-order valence-electron chi connectivity index (χ3n) is 4.06. The molecule has 0 aliphatic carbocycles. The highest BCUT2D eigenvalue weighted by molar-refractivity contribution is 6.30. The maximum absolute atomic E-state index is 13.0. The zero-order valence-corrected chi connectivity index (χ0v) is 14.4. The molecule has 2 amide bonds. The Labute approximate surface area is 153 Å². The first-order valence-corrected chi connectivity index (χ1v) is 8.08. The van der Waals surface area contributed by atoms with Crippen LogP contribution in [0.25, 0.3) is 0 Å². The summed E-state index contributed by atoms with van der Waals surface area (Å²) in [6.45, 7) is 1.59. The lowest BCUT2D eigenvalue weighted by Crippen LogP contribution is -2.45. The first-order chi connectivity index (χ1) is 12.4. The fourth-order valence-electron chi connectivity index (χ4n) is 2.88. The second-order valence-electron chi connectivity index (χ2n) is 5.72. The van der Waals surface area contributed by atoms with E-state index in [9.17, 15) is 19.7 Å². The van der Waals surface area contributed by atoms with E-state index in [1.165, 1.54) is 18.2 Å². The van der Waals surface area contributed by atoms with Crippen molar-refractivity contribution in [1.29, 1.82) is 0 Å². The molecule has 0 radical (unpaired) electrons. The number of allylic oxidation sites excluding steroid dienone is 1. The number of Topliss-reactive ketones (excluding diaryl/α,β-unsaturated/α-hetero) is 1. The lowest BCUT2D eigenvalue weighted by atomic mass is 9.89. The number of urea groups is 1. The van der Waals surface area contributed by atoms with Crippen molar-refractivity contribution in [3.8, 4) is 0 Å². The van der Waals surface area contributed by atoms with Crippen LogP contribution in [0.3, 0.4) is 0 Å². The molecule has 0 fully saturated rings. The molecule has 132 valence electrons.